The summed E-state index contributed by atoms with van der Waals surface area (Å²) in [7, 11) is 0. The molecule has 0 rings (SSSR count). The molecule has 2 nitrogen and oxygen atoms in total. The molecule has 0 radical (unpaired) electrons. The standard InChI is InChI=1S/C6H12O2/c7-5-3-1-2-4-6-8/h1-2,7-8H,3-6H2. The Balaban J connectivity index is 2.83. The first-order chi connectivity index (χ1) is 3.91. The van der Waals surface area contributed by atoms with E-state index in [1.165, 1.54) is 0 Å². The van der Waals surface area contributed by atoms with Gasteiger partial charge < -0.3 is 10.2 Å². The second-order valence-corrected chi connectivity index (χ2v) is 1.50. The van der Waals surface area contributed by atoms with Gasteiger partial charge in [0.25, 0.3) is 0 Å². The zero-order chi connectivity index (χ0) is 6.24. The summed E-state index contributed by atoms with van der Waals surface area (Å²) in [5.41, 5.74) is 0. The zero-order valence-corrected chi connectivity index (χ0v) is 4.88. The Labute approximate surface area is 49.5 Å². The third-order valence-corrected chi connectivity index (χ3v) is 0.758. The lowest BCUT2D eigenvalue weighted by Crippen LogP contribution is -1.78. The minimum absolute atomic E-state index is 0.196. The molecule has 0 heterocycles. The summed E-state index contributed by atoms with van der Waals surface area (Å²) in [4.78, 5) is 0. The Morgan fingerprint density at radius 2 is 1.25 bits per heavy atom. The van der Waals surface area contributed by atoms with E-state index in [2.05, 4.69) is 0 Å². The minimum atomic E-state index is 0.196. The van der Waals surface area contributed by atoms with E-state index in [0.29, 0.717) is 12.8 Å². The highest BCUT2D eigenvalue weighted by atomic mass is 16.3. The Bertz CT molecular complexity index is 51.5. The molecule has 0 saturated heterocycles. The maximum Gasteiger partial charge on any atom is 0.0465 e. The van der Waals surface area contributed by atoms with Crippen LogP contribution in [-0.2, 0) is 0 Å². The predicted octanol–water partition coefficient (Wildman–Crippen LogP) is 0.307. The first kappa shape index (κ1) is 7.66. The van der Waals surface area contributed by atoms with Gasteiger partial charge in [0.1, 0.15) is 0 Å². The highest BCUT2D eigenvalue weighted by molar-refractivity contribution is 4.80. The van der Waals surface area contributed by atoms with Gasteiger partial charge in [0.05, 0.1) is 0 Å². The van der Waals surface area contributed by atoms with Crippen molar-refractivity contribution in [2.24, 2.45) is 0 Å². The molecule has 0 aliphatic rings. The Hall–Kier alpha value is -0.340. The number of hydrogen-bond donors (Lipinski definition) is 2. The lowest BCUT2D eigenvalue weighted by Gasteiger charge is -1.83. The van der Waals surface area contributed by atoms with Crippen LogP contribution >= 0.6 is 0 Å². The van der Waals surface area contributed by atoms with Crippen LogP contribution in [0.4, 0.5) is 0 Å². The molecule has 48 valence electrons. The molecule has 0 aliphatic heterocycles. The van der Waals surface area contributed by atoms with Gasteiger partial charge in [0, 0.05) is 13.2 Å². The molecule has 0 aliphatic carbocycles. The predicted molar refractivity (Wildman–Crippen MR) is 32.5 cm³/mol. The van der Waals surface area contributed by atoms with Gasteiger partial charge in [0.15, 0.2) is 0 Å². The molecule has 0 fully saturated rings. The SMILES string of the molecule is OCCC=CCCO. The molecule has 0 bridgehead atoms. The summed E-state index contributed by atoms with van der Waals surface area (Å²) < 4.78 is 0. The summed E-state index contributed by atoms with van der Waals surface area (Å²) in [5, 5.41) is 16.5. The quantitative estimate of drug-likeness (QED) is 0.519. The van der Waals surface area contributed by atoms with Crippen LogP contribution in [0, 0.1) is 0 Å². The molecule has 2 N–H and O–H groups in total. The summed E-state index contributed by atoms with van der Waals surface area (Å²) in [6.07, 6.45) is 5.10. The molecule has 0 amide bonds. The first-order valence-electron chi connectivity index (χ1n) is 2.78. The molecule has 0 spiro atoms. The monoisotopic (exact) mass is 116 g/mol. The Kier molecular flexibility index (Phi) is 6.38. The van der Waals surface area contributed by atoms with Crippen molar-refractivity contribution in [3.63, 3.8) is 0 Å². The van der Waals surface area contributed by atoms with Crippen molar-refractivity contribution in [1.29, 1.82) is 0 Å². The highest BCUT2D eigenvalue weighted by Crippen LogP contribution is 1.83. The molecule has 0 aromatic heterocycles. The Morgan fingerprint density at radius 1 is 0.875 bits per heavy atom. The van der Waals surface area contributed by atoms with Crippen molar-refractivity contribution < 1.29 is 10.2 Å². The van der Waals surface area contributed by atoms with Gasteiger partial charge in [-0.1, -0.05) is 12.2 Å². The number of hydrogen-bond acceptors (Lipinski definition) is 2. The van der Waals surface area contributed by atoms with Crippen molar-refractivity contribution in [3.05, 3.63) is 12.2 Å². The molecule has 0 saturated carbocycles. The van der Waals surface area contributed by atoms with Gasteiger partial charge in [0.2, 0.25) is 0 Å². The van der Waals surface area contributed by atoms with E-state index in [0.717, 1.165) is 0 Å². The van der Waals surface area contributed by atoms with Crippen molar-refractivity contribution in [2.45, 2.75) is 12.8 Å². The van der Waals surface area contributed by atoms with Crippen LogP contribution in [0.5, 0.6) is 0 Å². The van der Waals surface area contributed by atoms with E-state index in [1.54, 1.807) is 0 Å². The van der Waals surface area contributed by atoms with E-state index >= 15 is 0 Å². The maximum absolute atomic E-state index is 8.25. The van der Waals surface area contributed by atoms with E-state index in [9.17, 15) is 0 Å². The largest absolute Gasteiger partial charge is 0.396 e. The molecular weight excluding hydrogens is 104 g/mol. The van der Waals surface area contributed by atoms with Crippen LogP contribution < -0.4 is 0 Å². The lowest BCUT2D eigenvalue weighted by molar-refractivity contribution is 0.298. The minimum Gasteiger partial charge on any atom is -0.396 e. The van der Waals surface area contributed by atoms with E-state index in [-0.39, 0.29) is 13.2 Å². The summed E-state index contributed by atoms with van der Waals surface area (Å²) in [6.45, 7) is 0.393. The summed E-state index contributed by atoms with van der Waals surface area (Å²) in [5.74, 6) is 0. The van der Waals surface area contributed by atoms with Crippen LogP contribution in [-0.4, -0.2) is 23.4 Å². The number of aliphatic hydroxyl groups excluding tert-OH is 2. The lowest BCUT2D eigenvalue weighted by atomic mass is 10.3. The molecule has 2 heteroatoms. The first-order valence-corrected chi connectivity index (χ1v) is 2.78. The molecule has 0 atom stereocenters. The second kappa shape index (κ2) is 6.66. The summed E-state index contributed by atoms with van der Waals surface area (Å²) in [6, 6.07) is 0. The second-order valence-electron chi connectivity index (χ2n) is 1.50. The van der Waals surface area contributed by atoms with Crippen LogP contribution in [0.3, 0.4) is 0 Å². The van der Waals surface area contributed by atoms with Gasteiger partial charge in [-0.3, -0.25) is 0 Å². The van der Waals surface area contributed by atoms with E-state index < -0.39 is 0 Å². The number of aliphatic hydroxyl groups is 2. The molecule has 0 aromatic rings. The van der Waals surface area contributed by atoms with E-state index in [4.69, 9.17) is 10.2 Å². The third-order valence-electron chi connectivity index (χ3n) is 0.758. The topological polar surface area (TPSA) is 40.5 Å². The third kappa shape index (κ3) is 5.66. The van der Waals surface area contributed by atoms with E-state index in [1.807, 2.05) is 12.2 Å². The maximum atomic E-state index is 8.25. The smallest absolute Gasteiger partial charge is 0.0465 e. The Morgan fingerprint density at radius 3 is 1.50 bits per heavy atom. The van der Waals surface area contributed by atoms with Gasteiger partial charge in [-0.25, -0.2) is 0 Å². The van der Waals surface area contributed by atoms with Crippen molar-refractivity contribution in [3.8, 4) is 0 Å². The van der Waals surface area contributed by atoms with Crippen LogP contribution in [0.1, 0.15) is 12.8 Å². The molecular formula is C6H12O2. The van der Waals surface area contributed by atoms with Crippen molar-refractivity contribution >= 4 is 0 Å². The normalized spacial score (nSPS) is 10.8. The van der Waals surface area contributed by atoms with Gasteiger partial charge in [-0.2, -0.15) is 0 Å². The van der Waals surface area contributed by atoms with Crippen molar-refractivity contribution in [2.75, 3.05) is 13.2 Å². The van der Waals surface area contributed by atoms with Gasteiger partial charge >= 0.3 is 0 Å². The molecule has 8 heavy (non-hydrogen) atoms. The average Bonchev–Trinajstić information content (AvgIpc) is 1.81. The fourth-order valence-corrected chi connectivity index (χ4v) is 0.385. The number of rotatable bonds is 4. The van der Waals surface area contributed by atoms with Crippen molar-refractivity contribution in [1.82, 2.24) is 0 Å². The van der Waals surface area contributed by atoms with Crippen LogP contribution in [0.25, 0.3) is 0 Å². The van der Waals surface area contributed by atoms with Gasteiger partial charge in [-0.15, -0.1) is 0 Å². The highest BCUT2D eigenvalue weighted by Gasteiger charge is 1.73. The molecule has 0 unspecified atom stereocenters. The molecule has 0 aromatic carbocycles. The fraction of sp³-hybridized carbons (Fsp3) is 0.667. The zero-order valence-electron chi connectivity index (χ0n) is 4.88. The fourth-order valence-electron chi connectivity index (χ4n) is 0.385. The van der Waals surface area contributed by atoms with Crippen LogP contribution in [0.2, 0.25) is 0 Å². The van der Waals surface area contributed by atoms with Gasteiger partial charge in [-0.05, 0) is 12.8 Å². The van der Waals surface area contributed by atoms with Crippen LogP contribution in [0.15, 0.2) is 12.2 Å². The average molecular weight is 116 g/mol. The summed E-state index contributed by atoms with van der Waals surface area (Å²) >= 11 is 0.